The highest BCUT2D eigenvalue weighted by molar-refractivity contribution is 5.97. The second-order valence-corrected chi connectivity index (χ2v) is 15.5. The van der Waals surface area contributed by atoms with Gasteiger partial charge in [-0.2, -0.15) is 0 Å². The van der Waals surface area contributed by atoms with Gasteiger partial charge in [0.25, 0.3) is 0 Å². The predicted octanol–water partition coefficient (Wildman–Crippen LogP) is -2.97. The number of benzene rings is 2. The molecule has 2 aromatic carbocycles. The number of carbonyl (C=O) groups excluding carboxylic acids is 7. The van der Waals surface area contributed by atoms with Crippen LogP contribution in [0.5, 0.6) is 5.75 Å². The van der Waals surface area contributed by atoms with Gasteiger partial charge in [-0.1, -0.05) is 42.5 Å². The van der Waals surface area contributed by atoms with E-state index in [9.17, 15) is 58.8 Å². The topological polar surface area (TPSA) is 345 Å². The first-order valence-electron chi connectivity index (χ1n) is 20.8. The maximum Gasteiger partial charge on any atom is 0.326 e. The summed E-state index contributed by atoms with van der Waals surface area (Å²) in [6.45, 7) is 3.47. The summed E-state index contributed by atoms with van der Waals surface area (Å²) in [6.07, 6.45) is 0.118. The molecule has 1 fully saturated rings. The minimum Gasteiger partial charge on any atom is -0.508 e. The van der Waals surface area contributed by atoms with E-state index in [1.54, 1.807) is 0 Å². The molecule has 21 nitrogen and oxygen atoms in total. The Bertz CT molecular complexity index is 1880. The van der Waals surface area contributed by atoms with Crippen molar-refractivity contribution in [2.45, 2.75) is 120 Å². The zero-order valence-electron chi connectivity index (χ0n) is 35.6. The highest BCUT2D eigenvalue weighted by Crippen LogP contribution is 2.19. The molecular weight excluding hydrogens is 823 g/mol. The van der Waals surface area contributed by atoms with Gasteiger partial charge in [-0.05, 0) is 89.1 Å². The molecule has 2 aromatic rings. The molecule has 0 aliphatic carbocycles. The normalized spacial score (nSPS) is 17.3. The Kier molecular flexibility index (Phi) is 20.4. The standard InChI is InChI=1S/C42H61N9O12/c1-23(45-39(59)33-13-9-19-51(33)41(61)24(2)46-36(56)29(44)20-26-10-5-4-6-11-26)35(55)49-32(22-52)38(58)50-34(25(3)53)40(60)48-31(21-27-14-16-28(54)17-15-27)37(57)47-30(42(62)63)12-7-8-18-43/h4-6,10-11,14-17,23-25,29-34,52-54H,7-9,12-13,18-22,43-44H2,1-3H3,(H,45,59)(H,46,56)(H,47,57)(H,48,60)(H,49,55)(H,50,58)(H,62,63)/t23-,24-,25+,29-,30-,31-,32-,33-,34-/m0/s1. The van der Waals surface area contributed by atoms with E-state index in [-0.39, 0.29) is 38.0 Å². The zero-order chi connectivity index (χ0) is 46.8. The van der Waals surface area contributed by atoms with Gasteiger partial charge in [-0.3, -0.25) is 33.6 Å². The number of nitrogens with two attached hydrogens (primary N) is 2. The van der Waals surface area contributed by atoms with Crippen LogP contribution < -0.4 is 43.4 Å². The summed E-state index contributed by atoms with van der Waals surface area (Å²) in [5, 5.41) is 54.5. The van der Waals surface area contributed by atoms with Gasteiger partial charge >= 0.3 is 5.97 Å². The Morgan fingerprint density at radius 3 is 1.92 bits per heavy atom. The van der Waals surface area contributed by atoms with Gasteiger partial charge in [0.05, 0.1) is 18.8 Å². The van der Waals surface area contributed by atoms with Crippen molar-refractivity contribution in [2.24, 2.45) is 11.5 Å². The average molecular weight is 884 g/mol. The van der Waals surface area contributed by atoms with Crippen molar-refractivity contribution in [2.75, 3.05) is 19.7 Å². The molecule has 0 spiro atoms. The lowest BCUT2D eigenvalue weighted by Gasteiger charge is -2.29. The van der Waals surface area contributed by atoms with Crippen LogP contribution in [0, 0.1) is 0 Å². The Morgan fingerprint density at radius 2 is 1.32 bits per heavy atom. The molecule has 346 valence electrons. The number of aromatic hydroxyl groups is 1. The number of hydrogen-bond donors (Lipinski definition) is 12. The van der Waals surface area contributed by atoms with Crippen molar-refractivity contribution in [3.63, 3.8) is 0 Å². The fraction of sp³-hybridized carbons (Fsp3) is 0.524. The van der Waals surface area contributed by atoms with E-state index in [0.29, 0.717) is 31.4 Å². The molecular formula is C42H61N9O12. The van der Waals surface area contributed by atoms with E-state index in [0.717, 1.165) is 12.5 Å². The molecule has 0 bridgehead atoms. The third kappa shape index (κ3) is 15.9. The molecule has 7 amide bonds. The summed E-state index contributed by atoms with van der Waals surface area (Å²) in [5.41, 5.74) is 12.9. The highest BCUT2D eigenvalue weighted by Gasteiger charge is 2.38. The predicted molar refractivity (Wildman–Crippen MR) is 227 cm³/mol. The van der Waals surface area contributed by atoms with Crippen molar-refractivity contribution < 1.29 is 58.8 Å². The maximum atomic E-state index is 13.6. The quantitative estimate of drug-likeness (QED) is 0.0469. The fourth-order valence-electron chi connectivity index (χ4n) is 6.78. The van der Waals surface area contributed by atoms with Crippen molar-refractivity contribution >= 4 is 47.3 Å². The smallest absolute Gasteiger partial charge is 0.326 e. The first-order valence-corrected chi connectivity index (χ1v) is 20.8. The minimum absolute atomic E-state index is 0.0477. The number of phenols is 1. The molecule has 21 heteroatoms. The Hall–Kier alpha value is -6.16. The summed E-state index contributed by atoms with van der Waals surface area (Å²) in [4.78, 5) is 106. The number of likely N-dealkylation sites (tertiary alicyclic amines) is 1. The van der Waals surface area contributed by atoms with Crippen molar-refractivity contribution in [3.05, 3.63) is 65.7 Å². The number of rotatable bonds is 24. The summed E-state index contributed by atoms with van der Waals surface area (Å²) in [7, 11) is 0. The van der Waals surface area contributed by atoms with Crippen LogP contribution in [-0.4, -0.2) is 147 Å². The number of carboxylic acids is 1. The van der Waals surface area contributed by atoms with Crippen LogP contribution in [0.1, 0.15) is 64.0 Å². The maximum absolute atomic E-state index is 13.6. The van der Waals surface area contributed by atoms with Crippen LogP contribution in [0.3, 0.4) is 0 Å². The molecule has 14 N–H and O–H groups in total. The van der Waals surface area contributed by atoms with Gasteiger partial charge in [0, 0.05) is 13.0 Å². The van der Waals surface area contributed by atoms with Gasteiger partial charge < -0.3 is 68.7 Å². The number of aliphatic carboxylic acids is 1. The van der Waals surface area contributed by atoms with Crippen LogP contribution in [0.2, 0.25) is 0 Å². The van der Waals surface area contributed by atoms with Gasteiger partial charge in [0.2, 0.25) is 41.4 Å². The average Bonchev–Trinajstić information content (AvgIpc) is 3.75. The lowest BCUT2D eigenvalue weighted by Crippen LogP contribution is -2.62. The van der Waals surface area contributed by atoms with Gasteiger partial charge in [0.15, 0.2) is 0 Å². The first kappa shape index (κ1) is 51.2. The van der Waals surface area contributed by atoms with Crippen LogP contribution in [0.15, 0.2) is 54.6 Å². The number of unbranched alkanes of at least 4 members (excludes halogenated alkanes) is 1. The minimum atomic E-state index is -1.76. The summed E-state index contributed by atoms with van der Waals surface area (Å²) < 4.78 is 0. The molecule has 1 aliphatic heterocycles. The fourth-order valence-corrected chi connectivity index (χ4v) is 6.78. The van der Waals surface area contributed by atoms with Crippen LogP contribution in [-0.2, 0) is 51.2 Å². The third-order valence-electron chi connectivity index (χ3n) is 10.4. The molecule has 0 saturated carbocycles. The Balaban J connectivity index is 1.62. The lowest BCUT2D eigenvalue weighted by molar-refractivity contribution is -0.142. The number of carboxylic acid groups (broad SMARTS) is 1. The van der Waals surface area contributed by atoms with Crippen molar-refractivity contribution in [3.8, 4) is 5.75 Å². The summed E-state index contributed by atoms with van der Waals surface area (Å²) >= 11 is 0. The van der Waals surface area contributed by atoms with Crippen molar-refractivity contribution in [1.29, 1.82) is 0 Å². The highest BCUT2D eigenvalue weighted by atomic mass is 16.4. The number of amides is 7. The molecule has 0 aromatic heterocycles. The Morgan fingerprint density at radius 1 is 0.714 bits per heavy atom. The molecule has 0 unspecified atom stereocenters. The molecule has 1 saturated heterocycles. The van der Waals surface area contributed by atoms with E-state index >= 15 is 0 Å². The Labute approximate surface area is 365 Å². The van der Waals surface area contributed by atoms with E-state index in [1.807, 2.05) is 30.3 Å². The lowest BCUT2D eigenvalue weighted by atomic mass is 10.0. The second kappa shape index (κ2) is 25.1. The van der Waals surface area contributed by atoms with E-state index < -0.39 is 108 Å². The number of nitrogens with one attached hydrogen (secondary N) is 6. The molecule has 9 atom stereocenters. The molecule has 63 heavy (non-hydrogen) atoms. The van der Waals surface area contributed by atoms with Gasteiger partial charge in [0.1, 0.15) is 48.0 Å². The SMILES string of the molecule is C[C@H](NC(=O)[C@@H]1CCCN1C(=O)[C@H](C)NC(=O)[C@@H](N)Cc1ccccc1)C(=O)N[C@@H](CO)C(=O)N[C@H](C(=O)N[C@@H](Cc1ccc(O)cc1)C(=O)N[C@@H](CCCCN)C(=O)O)[C@@H](C)O. The molecule has 1 aliphatic rings. The van der Waals surface area contributed by atoms with Gasteiger partial charge in [-0.25, -0.2) is 4.79 Å². The van der Waals surface area contributed by atoms with E-state index in [1.165, 1.54) is 43.0 Å². The molecule has 0 radical (unpaired) electrons. The largest absolute Gasteiger partial charge is 0.508 e. The third-order valence-corrected chi connectivity index (χ3v) is 10.4. The van der Waals surface area contributed by atoms with E-state index in [2.05, 4.69) is 31.9 Å². The number of aliphatic hydroxyl groups excluding tert-OH is 2. The number of carbonyl (C=O) groups is 8. The van der Waals surface area contributed by atoms with Gasteiger partial charge in [-0.15, -0.1) is 0 Å². The van der Waals surface area contributed by atoms with Crippen LogP contribution in [0.4, 0.5) is 0 Å². The van der Waals surface area contributed by atoms with Crippen molar-refractivity contribution in [1.82, 2.24) is 36.8 Å². The van der Waals surface area contributed by atoms with E-state index in [4.69, 9.17) is 11.5 Å². The number of hydrogen-bond acceptors (Lipinski definition) is 13. The first-order chi connectivity index (χ1) is 29.9. The summed E-state index contributed by atoms with van der Waals surface area (Å²) in [5.74, 6) is -7.18. The monoisotopic (exact) mass is 883 g/mol. The molecule has 3 rings (SSSR count). The number of aliphatic hydroxyl groups is 2. The number of phenolic OH excluding ortho intramolecular Hbond substituents is 1. The zero-order valence-corrected chi connectivity index (χ0v) is 35.6. The second-order valence-electron chi connectivity index (χ2n) is 15.5. The summed E-state index contributed by atoms with van der Waals surface area (Å²) in [6, 6.07) is 4.28. The molecule has 1 heterocycles. The number of nitrogens with zero attached hydrogens (tertiary/aromatic N) is 1. The van der Waals surface area contributed by atoms with Crippen LogP contribution >= 0.6 is 0 Å². The van der Waals surface area contributed by atoms with Crippen LogP contribution in [0.25, 0.3) is 0 Å².